The lowest BCUT2D eigenvalue weighted by Crippen LogP contribution is -2.42. The molecular weight excluding hydrogens is 811 g/mol. The Bertz CT molecular complexity index is 2180. The molecule has 1 N–H and O–H groups in total. The van der Waals surface area contributed by atoms with Gasteiger partial charge in [-0.2, -0.15) is 10.4 Å². The van der Waals surface area contributed by atoms with Crippen molar-refractivity contribution < 1.29 is 23.5 Å². The van der Waals surface area contributed by atoms with Gasteiger partial charge in [0.2, 0.25) is 17.7 Å². The van der Waals surface area contributed by atoms with Crippen LogP contribution >= 0.6 is 23.1 Å². The van der Waals surface area contributed by atoms with Crippen molar-refractivity contribution in [2.75, 3.05) is 58.3 Å². The zero-order valence-corrected chi connectivity index (χ0v) is 38.1. The quantitative estimate of drug-likeness (QED) is 0.0672. The van der Waals surface area contributed by atoms with Crippen molar-refractivity contribution in [3.05, 3.63) is 77.9 Å². The molecule has 0 saturated carbocycles. The zero-order valence-electron chi connectivity index (χ0n) is 36.5. The first-order chi connectivity index (χ1) is 29.1. The van der Waals surface area contributed by atoms with Gasteiger partial charge in [0, 0.05) is 62.9 Å². The molecule has 1 atom stereocenters. The lowest BCUT2D eigenvalue weighted by atomic mass is 9.89. The molecular formula is C45H59N9O5S2. The number of thiazole rings is 1. The third-order valence-electron chi connectivity index (χ3n) is 11.1. The van der Waals surface area contributed by atoms with Crippen LogP contribution in [0.5, 0.6) is 0 Å². The predicted molar refractivity (Wildman–Crippen MR) is 238 cm³/mol. The fraction of sp³-hybridized carbons (Fsp3) is 0.533. The predicted octanol–water partition coefficient (Wildman–Crippen LogP) is 7.57. The second-order valence-corrected chi connectivity index (χ2v) is 19.9. The molecule has 3 amide bonds. The highest BCUT2D eigenvalue weighted by Crippen LogP contribution is 2.33. The van der Waals surface area contributed by atoms with E-state index >= 15 is 0 Å². The van der Waals surface area contributed by atoms with E-state index in [-0.39, 0.29) is 52.6 Å². The van der Waals surface area contributed by atoms with Crippen LogP contribution in [-0.4, -0.2) is 105 Å². The second-order valence-electron chi connectivity index (χ2n) is 17.6. The summed E-state index contributed by atoms with van der Waals surface area (Å²) in [7, 11) is 1.78. The molecule has 2 fully saturated rings. The summed E-state index contributed by atoms with van der Waals surface area (Å²) >= 11 is 2.99. The van der Waals surface area contributed by atoms with Gasteiger partial charge >= 0.3 is 0 Å². The molecule has 3 aromatic heterocycles. The van der Waals surface area contributed by atoms with Crippen LogP contribution in [0.4, 0.5) is 5.13 Å². The summed E-state index contributed by atoms with van der Waals surface area (Å²) in [5.74, 6) is 1.47. The third-order valence-corrected chi connectivity index (χ3v) is 13.2. The van der Waals surface area contributed by atoms with Gasteiger partial charge in [0.1, 0.15) is 23.9 Å². The van der Waals surface area contributed by atoms with Gasteiger partial charge in [-0.15, -0.1) is 11.8 Å². The number of benzene rings is 1. The number of amides is 3. The number of rotatable bonds is 16. The summed E-state index contributed by atoms with van der Waals surface area (Å²) in [6.45, 7) is 17.4. The number of carbonyl (C=O) groups excluding carboxylic acids is 3. The van der Waals surface area contributed by atoms with Gasteiger partial charge in [0.25, 0.3) is 5.91 Å². The van der Waals surface area contributed by atoms with E-state index in [1.807, 2.05) is 36.5 Å². The Balaban J connectivity index is 0.972. The summed E-state index contributed by atoms with van der Waals surface area (Å²) in [6, 6.07) is 10.0. The van der Waals surface area contributed by atoms with E-state index in [1.165, 1.54) is 11.3 Å². The molecule has 2 saturated heterocycles. The Labute approximate surface area is 367 Å². The van der Waals surface area contributed by atoms with Crippen molar-refractivity contribution in [1.29, 1.82) is 5.26 Å². The number of nitrogens with one attached hydrogen (secondary N) is 1. The molecule has 2 aliphatic rings. The molecule has 2 aliphatic heterocycles. The standard InChI is InChI=1S/C45H59N9O5S2/c1-8-9-36(51(7)42(57)34(23-46)22-45(5,6)30-52-18-20-58-21-19-52)32-12-10-31(11-13-32)35-24-49-54(27-35)28-39(55)53-16-14-33(15-17-53)41(56)50-43-48-26-40(61-43)60-29-38-47-25-37(59-38)44(2,3)4/h10-13,22,24-27,33,36H,8-9,14-21,28-30H2,1-7H3,(H,48,50,56)/b34-22+. The van der Waals surface area contributed by atoms with Crippen molar-refractivity contribution in [2.24, 2.45) is 11.3 Å². The number of hydrogen-bond acceptors (Lipinski definition) is 12. The number of anilines is 1. The molecule has 0 radical (unpaired) electrons. The van der Waals surface area contributed by atoms with Gasteiger partial charge in [-0.25, -0.2) is 9.97 Å². The maximum atomic E-state index is 13.8. The molecule has 4 aromatic rings. The first-order valence-corrected chi connectivity index (χ1v) is 22.9. The van der Waals surface area contributed by atoms with E-state index in [4.69, 9.17) is 9.15 Å². The van der Waals surface area contributed by atoms with Crippen molar-refractivity contribution >= 4 is 46.0 Å². The second kappa shape index (κ2) is 20.4. The number of morpholine rings is 1. The first kappa shape index (κ1) is 45.7. The Morgan fingerprint density at radius 2 is 1.75 bits per heavy atom. The van der Waals surface area contributed by atoms with Crippen LogP contribution in [0.2, 0.25) is 0 Å². The van der Waals surface area contributed by atoms with Crippen LogP contribution in [0.3, 0.4) is 0 Å². The monoisotopic (exact) mass is 869 g/mol. The van der Waals surface area contributed by atoms with Gasteiger partial charge in [0.05, 0.1) is 47.8 Å². The lowest BCUT2D eigenvalue weighted by Gasteiger charge is -2.34. The fourth-order valence-corrected chi connectivity index (χ4v) is 9.41. The SMILES string of the molecule is CCCC(c1ccc(-c2cnn(CC(=O)N3CCC(C(=O)Nc4ncc(SCc5ncc(C(C)(C)C)o5)s4)CC3)c2)cc1)N(C)C(=O)/C(C#N)=C/C(C)(C)CN1CCOCC1. The number of nitrogens with zero attached hydrogens (tertiary/aromatic N) is 8. The molecule has 16 heteroatoms. The van der Waals surface area contributed by atoms with Gasteiger partial charge in [-0.05, 0) is 35.8 Å². The summed E-state index contributed by atoms with van der Waals surface area (Å²) in [5.41, 5.74) is 2.49. The average molecular weight is 870 g/mol. The number of thioether (sulfide) groups is 1. The number of likely N-dealkylation sites (tertiary alicyclic amines) is 1. The van der Waals surface area contributed by atoms with E-state index in [9.17, 15) is 19.6 Å². The maximum Gasteiger partial charge on any atom is 0.264 e. The third kappa shape index (κ3) is 12.4. The van der Waals surface area contributed by atoms with E-state index < -0.39 is 0 Å². The fourth-order valence-electron chi connectivity index (χ4n) is 7.68. The van der Waals surface area contributed by atoms with E-state index in [2.05, 4.69) is 72.9 Å². The Hall–Kier alpha value is -4.82. The molecule has 0 bridgehead atoms. The minimum Gasteiger partial charge on any atom is -0.444 e. The van der Waals surface area contributed by atoms with Crippen LogP contribution in [0.1, 0.15) is 90.5 Å². The van der Waals surface area contributed by atoms with Crippen molar-refractivity contribution in [2.45, 2.75) is 95.2 Å². The van der Waals surface area contributed by atoms with Crippen molar-refractivity contribution in [3.8, 4) is 17.2 Å². The minimum absolute atomic E-state index is 0.0449. The van der Waals surface area contributed by atoms with E-state index in [1.54, 1.807) is 51.9 Å². The first-order valence-electron chi connectivity index (χ1n) is 21.1. The number of hydrogen-bond donors (Lipinski definition) is 1. The summed E-state index contributed by atoms with van der Waals surface area (Å²) in [6.07, 6.45) is 11.7. The van der Waals surface area contributed by atoms with Crippen LogP contribution in [0, 0.1) is 22.7 Å². The summed E-state index contributed by atoms with van der Waals surface area (Å²) in [5, 5.41) is 18.1. The molecule has 326 valence electrons. The topological polar surface area (TPSA) is 163 Å². The Morgan fingerprint density at radius 1 is 1.03 bits per heavy atom. The highest BCUT2D eigenvalue weighted by atomic mass is 32.2. The van der Waals surface area contributed by atoms with Gasteiger partial charge in [-0.3, -0.25) is 24.0 Å². The summed E-state index contributed by atoms with van der Waals surface area (Å²) < 4.78 is 14.0. The number of carbonyl (C=O) groups is 3. The molecule has 14 nitrogen and oxygen atoms in total. The number of aromatic nitrogens is 4. The number of piperidine rings is 1. The molecule has 1 unspecified atom stereocenters. The molecule has 0 spiro atoms. The number of oxazole rings is 1. The largest absolute Gasteiger partial charge is 0.444 e. The molecule has 61 heavy (non-hydrogen) atoms. The van der Waals surface area contributed by atoms with E-state index in [0.717, 1.165) is 59.1 Å². The molecule has 5 heterocycles. The Morgan fingerprint density at radius 3 is 2.41 bits per heavy atom. The molecule has 0 aliphatic carbocycles. The number of likely N-dealkylation sites (N-methyl/N-ethyl adjacent to an activating group) is 1. The lowest BCUT2D eigenvalue weighted by molar-refractivity contribution is -0.135. The Kier molecular flexibility index (Phi) is 15.3. The zero-order chi connectivity index (χ0) is 43.7. The smallest absolute Gasteiger partial charge is 0.264 e. The van der Waals surface area contributed by atoms with Crippen molar-refractivity contribution in [3.63, 3.8) is 0 Å². The highest BCUT2D eigenvalue weighted by Gasteiger charge is 2.30. The van der Waals surface area contributed by atoms with Crippen LogP contribution in [0.25, 0.3) is 11.1 Å². The molecule has 1 aromatic carbocycles. The van der Waals surface area contributed by atoms with Crippen molar-refractivity contribution in [1.82, 2.24) is 34.4 Å². The number of ether oxygens (including phenoxy) is 1. The van der Waals surface area contributed by atoms with Gasteiger partial charge in [0.15, 0.2) is 5.13 Å². The number of nitriles is 1. The summed E-state index contributed by atoms with van der Waals surface area (Å²) in [4.78, 5) is 54.8. The minimum atomic E-state index is -0.364. The molecule has 6 rings (SSSR count). The van der Waals surface area contributed by atoms with Gasteiger partial charge < -0.3 is 24.3 Å². The highest BCUT2D eigenvalue weighted by molar-refractivity contribution is 8.00. The maximum absolute atomic E-state index is 13.8. The average Bonchev–Trinajstić information content (AvgIpc) is 4.03. The van der Waals surface area contributed by atoms with Gasteiger partial charge in [-0.1, -0.05) is 89.6 Å². The normalized spacial score (nSPS) is 16.3. The van der Waals surface area contributed by atoms with Crippen LogP contribution in [0.15, 0.2) is 69.3 Å². The van der Waals surface area contributed by atoms with Crippen LogP contribution in [-0.2, 0) is 36.8 Å². The van der Waals surface area contributed by atoms with E-state index in [0.29, 0.717) is 55.9 Å². The van der Waals surface area contributed by atoms with Crippen LogP contribution < -0.4 is 5.32 Å².